The van der Waals surface area contributed by atoms with Gasteiger partial charge in [-0.25, -0.2) is 9.38 Å². The van der Waals surface area contributed by atoms with Crippen LogP contribution in [0.5, 0.6) is 5.75 Å². The van der Waals surface area contributed by atoms with Crippen LogP contribution in [-0.4, -0.2) is 44.6 Å². The van der Waals surface area contributed by atoms with Crippen molar-refractivity contribution < 1.29 is 13.9 Å². The van der Waals surface area contributed by atoms with Gasteiger partial charge in [-0.3, -0.25) is 0 Å². The Labute approximate surface area is 168 Å². The molecule has 2 aliphatic rings. The van der Waals surface area contributed by atoms with Crippen molar-refractivity contribution in [2.24, 2.45) is 4.99 Å². The lowest BCUT2D eigenvalue weighted by Crippen LogP contribution is -2.39. The van der Waals surface area contributed by atoms with Crippen LogP contribution in [0, 0.1) is 5.82 Å². The average molecular weight is 405 g/mol. The Hall–Kier alpha value is -2.35. The number of fused-ring (bicyclic) bond motifs is 1. The number of nitrogens with one attached hydrogen (secondary N) is 2. The summed E-state index contributed by atoms with van der Waals surface area (Å²) >= 11 is 5.85. The molecule has 0 amide bonds. The van der Waals surface area contributed by atoms with Gasteiger partial charge in [-0.2, -0.15) is 0 Å². The molecular formula is C20H22ClFN4O2. The maximum absolute atomic E-state index is 14.3. The molecule has 1 fully saturated rings. The number of likely N-dealkylation sites (N-methyl/N-ethyl adjacent to an activating group) is 1. The highest BCUT2D eigenvalue weighted by Crippen LogP contribution is 2.39. The Bertz CT molecular complexity index is 910. The zero-order valence-electron chi connectivity index (χ0n) is 15.7. The van der Waals surface area contributed by atoms with E-state index in [0.29, 0.717) is 5.02 Å². The standard InChI is InChI=1S/C20H22ClFN4O2/c1-26-8-7-15(11-26)28-14-4-5-16-19(10-14)23-12-24-20(16,27-2)25-18-6-3-13(21)9-17(18)22/h3-6,9-10,12,15,25H,7-8,11H2,1-2H3,(H,23,24). The molecule has 4 rings (SSSR count). The lowest BCUT2D eigenvalue weighted by Gasteiger charge is -2.34. The van der Waals surface area contributed by atoms with E-state index in [0.717, 1.165) is 36.5 Å². The normalized spacial score (nSPS) is 23.9. The molecule has 6 nitrogen and oxygen atoms in total. The Morgan fingerprint density at radius 3 is 2.89 bits per heavy atom. The fourth-order valence-electron chi connectivity index (χ4n) is 3.54. The number of methoxy groups -OCH3 is 1. The van der Waals surface area contributed by atoms with Gasteiger partial charge < -0.3 is 25.0 Å². The molecule has 2 N–H and O–H groups in total. The van der Waals surface area contributed by atoms with Crippen LogP contribution in [0.1, 0.15) is 12.0 Å². The summed E-state index contributed by atoms with van der Waals surface area (Å²) in [6.45, 7) is 1.94. The summed E-state index contributed by atoms with van der Waals surface area (Å²) in [5.41, 5.74) is 1.75. The maximum atomic E-state index is 14.3. The van der Waals surface area contributed by atoms with Crippen molar-refractivity contribution in [3.05, 3.63) is 52.8 Å². The fourth-order valence-corrected chi connectivity index (χ4v) is 3.70. The molecule has 1 saturated heterocycles. The monoisotopic (exact) mass is 404 g/mol. The number of halogens is 2. The number of hydrogen-bond acceptors (Lipinski definition) is 6. The molecule has 2 unspecified atom stereocenters. The van der Waals surface area contributed by atoms with Gasteiger partial charge in [0, 0.05) is 31.3 Å². The van der Waals surface area contributed by atoms with E-state index in [9.17, 15) is 4.39 Å². The van der Waals surface area contributed by atoms with Crippen LogP contribution in [-0.2, 0) is 10.6 Å². The zero-order chi connectivity index (χ0) is 19.7. The Morgan fingerprint density at radius 1 is 1.32 bits per heavy atom. The van der Waals surface area contributed by atoms with Crippen molar-refractivity contribution in [2.75, 3.05) is 37.9 Å². The van der Waals surface area contributed by atoms with Gasteiger partial charge >= 0.3 is 0 Å². The summed E-state index contributed by atoms with van der Waals surface area (Å²) in [6, 6.07) is 10.1. The quantitative estimate of drug-likeness (QED) is 0.740. The average Bonchev–Trinajstić information content (AvgIpc) is 3.08. The summed E-state index contributed by atoms with van der Waals surface area (Å²) in [4.78, 5) is 6.65. The summed E-state index contributed by atoms with van der Waals surface area (Å²) in [5.74, 6) is -0.976. The van der Waals surface area contributed by atoms with Crippen molar-refractivity contribution in [3.8, 4) is 5.75 Å². The molecule has 2 aromatic carbocycles. The zero-order valence-corrected chi connectivity index (χ0v) is 16.5. The minimum Gasteiger partial charge on any atom is -0.489 e. The first-order valence-corrected chi connectivity index (χ1v) is 9.45. The van der Waals surface area contributed by atoms with Gasteiger partial charge in [-0.05, 0) is 43.8 Å². The van der Waals surface area contributed by atoms with E-state index in [-0.39, 0.29) is 11.8 Å². The van der Waals surface area contributed by atoms with Gasteiger partial charge in [0.1, 0.15) is 17.7 Å². The minimum atomic E-state index is -1.26. The number of aliphatic imine (C=N–C) groups is 1. The van der Waals surface area contributed by atoms with Crippen molar-refractivity contribution in [2.45, 2.75) is 18.4 Å². The predicted molar refractivity (Wildman–Crippen MR) is 109 cm³/mol. The molecule has 0 aliphatic carbocycles. The van der Waals surface area contributed by atoms with Gasteiger partial charge in [0.15, 0.2) is 0 Å². The summed E-state index contributed by atoms with van der Waals surface area (Å²) in [5, 5.41) is 6.49. The van der Waals surface area contributed by atoms with Crippen molar-refractivity contribution in [1.29, 1.82) is 0 Å². The van der Waals surface area contributed by atoms with E-state index >= 15 is 0 Å². The first-order chi connectivity index (χ1) is 13.5. The molecule has 2 aliphatic heterocycles. The highest BCUT2D eigenvalue weighted by Gasteiger charge is 2.37. The summed E-state index contributed by atoms with van der Waals surface area (Å²) in [7, 11) is 3.61. The lowest BCUT2D eigenvalue weighted by molar-refractivity contribution is 0.0188. The number of rotatable bonds is 5. The molecule has 2 aromatic rings. The summed E-state index contributed by atoms with van der Waals surface area (Å²) in [6.07, 6.45) is 2.70. The number of benzene rings is 2. The molecule has 0 aromatic heterocycles. The van der Waals surface area contributed by atoms with Crippen molar-refractivity contribution in [1.82, 2.24) is 4.90 Å². The molecule has 0 bridgehead atoms. The Kier molecular flexibility index (Phi) is 5.14. The molecule has 148 valence electrons. The van der Waals surface area contributed by atoms with E-state index < -0.39 is 11.7 Å². The first-order valence-electron chi connectivity index (χ1n) is 9.07. The van der Waals surface area contributed by atoms with E-state index in [1.165, 1.54) is 19.5 Å². The van der Waals surface area contributed by atoms with E-state index in [1.807, 2.05) is 18.2 Å². The van der Waals surface area contributed by atoms with Gasteiger partial charge in [0.2, 0.25) is 0 Å². The van der Waals surface area contributed by atoms with Crippen LogP contribution in [0.25, 0.3) is 0 Å². The minimum absolute atomic E-state index is 0.175. The number of hydrogen-bond donors (Lipinski definition) is 2. The third-order valence-corrected chi connectivity index (χ3v) is 5.24. The number of likely N-dealkylation sites (tertiary alicyclic amines) is 1. The molecule has 2 atom stereocenters. The highest BCUT2D eigenvalue weighted by molar-refractivity contribution is 6.30. The van der Waals surface area contributed by atoms with Gasteiger partial charge in [0.25, 0.3) is 5.85 Å². The van der Waals surface area contributed by atoms with Gasteiger partial charge in [-0.1, -0.05) is 11.6 Å². The van der Waals surface area contributed by atoms with E-state index in [4.69, 9.17) is 21.1 Å². The second-order valence-corrected chi connectivity index (χ2v) is 7.43. The molecule has 2 heterocycles. The predicted octanol–water partition coefficient (Wildman–Crippen LogP) is 3.88. The second kappa shape index (κ2) is 7.58. The third kappa shape index (κ3) is 3.65. The largest absolute Gasteiger partial charge is 0.489 e. The topological polar surface area (TPSA) is 58.1 Å². The van der Waals surface area contributed by atoms with Crippen LogP contribution in [0.15, 0.2) is 41.4 Å². The van der Waals surface area contributed by atoms with Crippen LogP contribution < -0.4 is 15.4 Å². The van der Waals surface area contributed by atoms with Crippen LogP contribution in [0.2, 0.25) is 5.02 Å². The van der Waals surface area contributed by atoms with Crippen molar-refractivity contribution >= 4 is 29.3 Å². The molecule has 8 heteroatoms. The smallest absolute Gasteiger partial charge is 0.267 e. The molecule has 0 spiro atoms. The number of ether oxygens (including phenoxy) is 2. The van der Waals surface area contributed by atoms with E-state index in [2.05, 4.69) is 27.6 Å². The fraction of sp³-hybridized carbons (Fsp3) is 0.350. The summed E-state index contributed by atoms with van der Waals surface area (Å²) < 4.78 is 26.1. The van der Waals surface area contributed by atoms with E-state index in [1.54, 1.807) is 12.1 Å². The Balaban J connectivity index is 1.62. The second-order valence-electron chi connectivity index (χ2n) is 7.00. The highest BCUT2D eigenvalue weighted by atomic mass is 35.5. The first kappa shape index (κ1) is 19.0. The van der Waals surface area contributed by atoms with Gasteiger partial charge in [0.05, 0.1) is 23.3 Å². The molecule has 0 radical (unpaired) electrons. The van der Waals surface area contributed by atoms with Crippen LogP contribution >= 0.6 is 11.6 Å². The number of anilines is 2. The number of nitrogens with zero attached hydrogens (tertiary/aromatic N) is 2. The van der Waals surface area contributed by atoms with Crippen LogP contribution in [0.3, 0.4) is 0 Å². The molecule has 28 heavy (non-hydrogen) atoms. The molecule has 0 saturated carbocycles. The third-order valence-electron chi connectivity index (χ3n) is 5.00. The molecular weight excluding hydrogens is 383 g/mol. The lowest BCUT2D eigenvalue weighted by atomic mass is 10.0. The van der Waals surface area contributed by atoms with Crippen LogP contribution in [0.4, 0.5) is 15.8 Å². The van der Waals surface area contributed by atoms with Gasteiger partial charge in [-0.15, -0.1) is 0 Å². The Morgan fingerprint density at radius 2 is 2.18 bits per heavy atom. The SMILES string of the molecule is COC1(Nc2ccc(Cl)cc2F)N=CNc2cc(OC3CCN(C)C3)ccc21. The van der Waals surface area contributed by atoms with Crippen molar-refractivity contribution in [3.63, 3.8) is 0 Å². The maximum Gasteiger partial charge on any atom is 0.267 e.